The second-order valence-corrected chi connectivity index (χ2v) is 7.71. The number of nitrogens with zero attached hydrogens (tertiary/aromatic N) is 1. The average molecular weight is 374 g/mol. The van der Waals surface area contributed by atoms with Crippen molar-refractivity contribution in [2.75, 3.05) is 13.1 Å². The van der Waals surface area contributed by atoms with Crippen molar-refractivity contribution >= 4 is 21.6 Å². The van der Waals surface area contributed by atoms with Gasteiger partial charge in [0.05, 0.1) is 29.1 Å². The quantitative estimate of drug-likeness (QED) is 0.821. The van der Waals surface area contributed by atoms with Gasteiger partial charge in [-0.2, -0.15) is 4.31 Å². The van der Waals surface area contributed by atoms with E-state index in [2.05, 4.69) is 0 Å². The van der Waals surface area contributed by atoms with Crippen molar-refractivity contribution in [3.05, 3.63) is 57.4 Å². The molecule has 128 valence electrons. The first-order valence-corrected chi connectivity index (χ1v) is 8.81. The summed E-state index contributed by atoms with van der Waals surface area (Å²) in [6, 6.07) is 6.00. The van der Waals surface area contributed by atoms with Crippen LogP contribution >= 0.6 is 11.6 Å². The second kappa shape index (κ2) is 6.19. The van der Waals surface area contributed by atoms with Crippen LogP contribution in [0.15, 0.2) is 44.4 Å². The topological polar surface area (TPSA) is 76.8 Å². The zero-order valence-corrected chi connectivity index (χ0v) is 14.1. The minimum atomic E-state index is -3.76. The fraction of sp³-hybridized carbons (Fsp3) is 0.267. The largest absolute Gasteiger partial charge is 0.487 e. The van der Waals surface area contributed by atoms with Crippen LogP contribution in [0.3, 0.4) is 0 Å². The van der Waals surface area contributed by atoms with Gasteiger partial charge in [0.1, 0.15) is 23.4 Å². The number of rotatable bonds is 4. The van der Waals surface area contributed by atoms with E-state index in [9.17, 15) is 17.6 Å². The van der Waals surface area contributed by atoms with Gasteiger partial charge in [0.15, 0.2) is 0 Å². The van der Waals surface area contributed by atoms with Gasteiger partial charge in [0.2, 0.25) is 10.0 Å². The number of aryl methyl sites for hydroxylation is 1. The van der Waals surface area contributed by atoms with Crippen molar-refractivity contribution in [2.45, 2.75) is 17.9 Å². The van der Waals surface area contributed by atoms with Gasteiger partial charge in [-0.15, -0.1) is 0 Å². The van der Waals surface area contributed by atoms with Crippen LogP contribution in [0.2, 0.25) is 5.02 Å². The van der Waals surface area contributed by atoms with Crippen molar-refractivity contribution in [2.24, 2.45) is 0 Å². The fourth-order valence-electron chi connectivity index (χ4n) is 2.29. The lowest BCUT2D eigenvalue weighted by Crippen LogP contribution is -2.56. The van der Waals surface area contributed by atoms with E-state index in [1.807, 2.05) is 0 Å². The highest BCUT2D eigenvalue weighted by molar-refractivity contribution is 7.89. The van der Waals surface area contributed by atoms with Crippen LogP contribution in [0.1, 0.15) is 5.76 Å². The molecule has 0 bridgehead atoms. The third kappa shape index (κ3) is 3.31. The minimum Gasteiger partial charge on any atom is -0.487 e. The summed E-state index contributed by atoms with van der Waals surface area (Å²) in [4.78, 5) is 11.2. The zero-order valence-electron chi connectivity index (χ0n) is 12.5. The summed E-state index contributed by atoms with van der Waals surface area (Å²) < 4.78 is 49.6. The van der Waals surface area contributed by atoms with Crippen LogP contribution in [0, 0.1) is 12.7 Å². The number of ether oxygens (including phenoxy) is 1. The molecule has 3 rings (SSSR count). The number of hydrogen-bond donors (Lipinski definition) is 0. The molecule has 9 heteroatoms. The Labute approximate surface area is 142 Å². The van der Waals surface area contributed by atoms with Gasteiger partial charge >= 0.3 is 5.63 Å². The first-order chi connectivity index (χ1) is 11.3. The second-order valence-electron chi connectivity index (χ2n) is 5.36. The summed E-state index contributed by atoms with van der Waals surface area (Å²) in [6.45, 7) is 1.86. The summed E-state index contributed by atoms with van der Waals surface area (Å²) in [7, 11) is -3.76. The molecular formula is C15H13ClFNO5S. The number of hydrogen-bond acceptors (Lipinski definition) is 5. The molecule has 0 spiro atoms. The van der Waals surface area contributed by atoms with Crippen molar-refractivity contribution in [3.63, 3.8) is 0 Å². The zero-order chi connectivity index (χ0) is 17.5. The maximum Gasteiger partial charge on any atom is 0.339 e. The number of halogens is 2. The molecule has 24 heavy (non-hydrogen) atoms. The van der Waals surface area contributed by atoms with Crippen LogP contribution in [-0.2, 0) is 10.0 Å². The molecule has 1 aromatic heterocycles. The van der Waals surface area contributed by atoms with E-state index in [1.54, 1.807) is 13.0 Å². The predicted molar refractivity (Wildman–Crippen MR) is 84.3 cm³/mol. The van der Waals surface area contributed by atoms with Gasteiger partial charge < -0.3 is 9.15 Å². The normalized spacial score (nSPS) is 16.0. The highest BCUT2D eigenvalue weighted by atomic mass is 35.5. The third-order valence-corrected chi connectivity index (χ3v) is 5.63. The van der Waals surface area contributed by atoms with Crippen LogP contribution in [-0.4, -0.2) is 31.9 Å². The summed E-state index contributed by atoms with van der Waals surface area (Å²) >= 11 is 5.63. The molecule has 0 radical (unpaired) electrons. The van der Waals surface area contributed by atoms with Crippen LogP contribution in [0.4, 0.5) is 4.39 Å². The maximum atomic E-state index is 13.2. The van der Waals surface area contributed by atoms with Gasteiger partial charge in [-0.25, -0.2) is 17.6 Å². The van der Waals surface area contributed by atoms with E-state index < -0.39 is 21.5 Å². The molecule has 2 heterocycles. The van der Waals surface area contributed by atoms with Crippen LogP contribution < -0.4 is 10.4 Å². The standard InChI is InChI=1S/C15H13ClFNO5S/c1-9-4-10(5-15(19)22-9)23-11-7-18(8-11)24(20,21)12-2-3-14(17)13(16)6-12/h2-6,11H,7-8H2,1H3. The SMILES string of the molecule is Cc1cc(OC2CN(S(=O)(=O)c3ccc(F)c(Cl)c3)C2)cc(=O)o1. The molecule has 0 unspecified atom stereocenters. The van der Waals surface area contributed by atoms with Crippen molar-refractivity contribution in [1.29, 1.82) is 0 Å². The lowest BCUT2D eigenvalue weighted by Gasteiger charge is -2.37. The summed E-state index contributed by atoms with van der Waals surface area (Å²) in [5, 5.41) is -0.254. The van der Waals surface area contributed by atoms with E-state index in [0.29, 0.717) is 11.5 Å². The molecule has 6 nitrogen and oxygen atoms in total. The van der Waals surface area contributed by atoms with Crippen LogP contribution in [0.5, 0.6) is 5.75 Å². The Morgan fingerprint density at radius 1 is 1.29 bits per heavy atom. The average Bonchev–Trinajstić information content (AvgIpc) is 2.44. The molecule has 0 atom stereocenters. The molecular weight excluding hydrogens is 361 g/mol. The van der Waals surface area contributed by atoms with E-state index in [1.165, 1.54) is 10.4 Å². The van der Waals surface area contributed by atoms with Gasteiger partial charge in [-0.1, -0.05) is 11.6 Å². The molecule has 0 saturated carbocycles. The molecule has 1 saturated heterocycles. The summed E-state index contributed by atoms with van der Waals surface area (Å²) in [6.07, 6.45) is -0.378. The first kappa shape index (κ1) is 16.9. The van der Waals surface area contributed by atoms with Crippen molar-refractivity contribution < 1.29 is 22.0 Å². The number of sulfonamides is 1. The van der Waals surface area contributed by atoms with E-state index in [0.717, 1.165) is 18.2 Å². The van der Waals surface area contributed by atoms with Crippen LogP contribution in [0.25, 0.3) is 0 Å². The van der Waals surface area contributed by atoms with Crippen molar-refractivity contribution in [1.82, 2.24) is 4.31 Å². The van der Waals surface area contributed by atoms with Gasteiger partial charge in [0, 0.05) is 6.07 Å². The molecule has 0 aliphatic carbocycles. The van der Waals surface area contributed by atoms with E-state index in [4.69, 9.17) is 20.8 Å². The molecule has 1 aromatic carbocycles. The third-order valence-electron chi connectivity index (χ3n) is 3.51. The van der Waals surface area contributed by atoms with E-state index >= 15 is 0 Å². The summed E-state index contributed by atoms with van der Waals surface area (Å²) in [5.41, 5.74) is -0.533. The van der Waals surface area contributed by atoms with Crippen molar-refractivity contribution in [3.8, 4) is 5.75 Å². The first-order valence-electron chi connectivity index (χ1n) is 6.99. The maximum absolute atomic E-state index is 13.2. The number of benzene rings is 1. The Morgan fingerprint density at radius 2 is 2.00 bits per heavy atom. The van der Waals surface area contributed by atoms with Gasteiger partial charge in [0.25, 0.3) is 0 Å². The lowest BCUT2D eigenvalue weighted by atomic mass is 10.2. The Kier molecular flexibility index (Phi) is 4.37. The Morgan fingerprint density at radius 3 is 2.62 bits per heavy atom. The summed E-state index contributed by atoms with van der Waals surface area (Å²) in [5.74, 6) is 0.0524. The molecule has 1 fully saturated rings. The van der Waals surface area contributed by atoms with E-state index in [-0.39, 0.29) is 29.1 Å². The monoisotopic (exact) mass is 373 g/mol. The van der Waals surface area contributed by atoms with Gasteiger partial charge in [-0.3, -0.25) is 0 Å². The predicted octanol–water partition coefficient (Wildman–Crippen LogP) is 2.19. The molecule has 0 amide bonds. The Hall–Kier alpha value is -1.90. The lowest BCUT2D eigenvalue weighted by molar-refractivity contribution is 0.0754. The smallest absolute Gasteiger partial charge is 0.339 e. The minimum absolute atomic E-state index is 0.0800. The van der Waals surface area contributed by atoms with Gasteiger partial charge in [-0.05, 0) is 25.1 Å². The molecule has 0 N–H and O–H groups in total. The fourth-order valence-corrected chi connectivity index (χ4v) is 4.07. The molecule has 2 aromatic rings. The Bertz CT molecular complexity index is 937. The highest BCUT2D eigenvalue weighted by Gasteiger charge is 2.38. The highest BCUT2D eigenvalue weighted by Crippen LogP contribution is 2.27. The molecule has 1 aliphatic heterocycles. The Balaban J connectivity index is 1.69. The molecule has 1 aliphatic rings.